The predicted octanol–water partition coefficient (Wildman–Crippen LogP) is 2.53. The lowest BCUT2D eigenvalue weighted by molar-refractivity contribution is -0.133. The second-order valence-electron chi connectivity index (χ2n) is 5.47. The molecule has 0 bridgehead atoms. The first-order valence-electron chi connectivity index (χ1n) is 5.52. The van der Waals surface area contributed by atoms with Crippen LogP contribution < -0.4 is 0 Å². The number of hydrogen-bond acceptors (Lipinski definition) is 2. The van der Waals surface area contributed by atoms with E-state index in [4.69, 9.17) is 0 Å². The van der Waals surface area contributed by atoms with E-state index in [1.54, 1.807) is 0 Å². The maximum Gasteiger partial charge on any atom is 0.155 e. The number of carbonyl (C=O) groups is 1. The van der Waals surface area contributed by atoms with Crippen molar-refractivity contribution < 1.29 is 9.18 Å². The number of hydrogen-bond donors (Lipinski definition) is 0. The van der Waals surface area contributed by atoms with Gasteiger partial charge in [0.2, 0.25) is 0 Å². The van der Waals surface area contributed by atoms with Crippen molar-refractivity contribution in [2.75, 3.05) is 20.3 Å². The molecule has 0 radical (unpaired) electrons. The van der Waals surface area contributed by atoms with Gasteiger partial charge in [-0.05, 0) is 13.0 Å². The first-order valence-corrected chi connectivity index (χ1v) is 5.52. The summed E-state index contributed by atoms with van der Waals surface area (Å²) in [5.74, 6) is 0.404. The smallest absolute Gasteiger partial charge is 0.155 e. The van der Waals surface area contributed by atoms with E-state index >= 15 is 0 Å². The largest absolute Gasteiger partial charge is 0.297 e. The second kappa shape index (κ2) is 5.59. The van der Waals surface area contributed by atoms with Gasteiger partial charge in [0.05, 0.1) is 6.04 Å². The lowest BCUT2D eigenvalue weighted by Crippen LogP contribution is -2.47. The highest BCUT2D eigenvalue weighted by atomic mass is 19.1. The minimum atomic E-state index is -0.406. The Morgan fingerprint density at radius 3 is 2.07 bits per heavy atom. The molecule has 0 N–H and O–H groups in total. The molecule has 0 spiro atoms. The van der Waals surface area contributed by atoms with Crippen LogP contribution >= 0.6 is 0 Å². The third-order valence-electron chi connectivity index (χ3n) is 2.55. The van der Waals surface area contributed by atoms with Crippen LogP contribution in [0.3, 0.4) is 0 Å². The van der Waals surface area contributed by atoms with E-state index < -0.39 is 6.67 Å². The van der Waals surface area contributed by atoms with Crippen LogP contribution in [0.25, 0.3) is 0 Å². The van der Waals surface area contributed by atoms with Gasteiger partial charge < -0.3 is 0 Å². The van der Waals surface area contributed by atoms with E-state index in [0.717, 1.165) is 0 Å². The molecule has 0 aromatic carbocycles. The van der Waals surface area contributed by atoms with Crippen molar-refractivity contribution in [1.82, 2.24) is 4.90 Å². The minimum absolute atomic E-state index is 0.180. The summed E-state index contributed by atoms with van der Waals surface area (Å²) in [4.78, 5) is 14.0. The zero-order valence-electron chi connectivity index (χ0n) is 10.8. The molecule has 0 saturated carbocycles. The highest BCUT2D eigenvalue weighted by Gasteiger charge is 2.33. The lowest BCUT2D eigenvalue weighted by Gasteiger charge is -2.33. The summed E-state index contributed by atoms with van der Waals surface area (Å²) in [6.07, 6.45) is 0. The van der Waals surface area contributed by atoms with Crippen molar-refractivity contribution in [1.29, 1.82) is 0 Å². The zero-order valence-corrected chi connectivity index (χ0v) is 10.8. The Balaban J connectivity index is 4.74. The number of Topliss-reactive ketones (excluding diaryl/α,β-unsaturated/α-hetero) is 1. The molecule has 2 nitrogen and oxygen atoms in total. The molecule has 15 heavy (non-hydrogen) atoms. The van der Waals surface area contributed by atoms with Gasteiger partial charge in [-0.1, -0.05) is 34.6 Å². The number of halogens is 1. The van der Waals surface area contributed by atoms with Crippen molar-refractivity contribution in [3.63, 3.8) is 0 Å². The molecule has 1 atom stereocenters. The van der Waals surface area contributed by atoms with E-state index in [2.05, 4.69) is 0 Å². The molecule has 0 rings (SSSR count). The molecular formula is C12H24FNO. The van der Waals surface area contributed by atoms with Crippen LogP contribution in [0.1, 0.15) is 34.6 Å². The topological polar surface area (TPSA) is 20.3 Å². The fourth-order valence-corrected chi connectivity index (χ4v) is 1.73. The van der Waals surface area contributed by atoms with Crippen LogP contribution in [-0.4, -0.2) is 37.0 Å². The highest BCUT2D eigenvalue weighted by molar-refractivity contribution is 5.88. The monoisotopic (exact) mass is 217 g/mol. The molecule has 0 unspecified atom stereocenters. The standard InChI is InChI=1S/C12H24FNO/c1-9(2)10(14(6)8-7-13)11(15)12(3,4)5/h9-10H,7-8H2,1-6H3/t10-/m0/s1. The van der Waals surface area contributed by atoms with Gasteiger partial charge in [-0.15, -0.1) is 0 Å². The van der Waals surface area contributed by atoms with Gasteiger partial charge in [-0.2, -0.15) is 0 Å². The molecule has 0 aromatic rings. The fourth-order valence-electron chi connectivity index (χ4n) is 1.73. The highest BCUT2D eigenvalue weighted by Crippen LogP contribution is 2.23. The van der Waals surface area contributed by atoms with Gasteiger partial charge in [-0.3, -0.25) is 9.69 Å². The Bertz CT molecular complexity index is 208. The molecule has 3 heteroatoms. The van der Waals surface area contributed by atoms with Crippen LogP contribution in [0, 0.1) is 11.3 Å². The number of carbonyl (C=O) groups excluding carboxylic acids is 1. The quantitative estimate of drug-likeness (QED) is 0.705. The van der Waals surface area contributed by atoms with Crippen LogP contribution in [-0.2, 0) is 4.79 Å². The Kier molecular flexibility index (Phi) is 5.43. The van der Waals surface area contributed by atoms with E-state index in [0.29, 0.717) is 6.54 Å². The van der Waals surface area contributed by atoms with Crippen LogP contribution in [0.15, 0.2) is 0 Å². The number of rotatable bonds is 5. The van der Waals surface area contributed by atoms with Gasteiger partial charge in [-0.25, -0.2) is 4.39 Å². The Labute approximate surface area is 92.8 Å². The molecular weight excluding hydrogens is 193 g/mol. The maximum atomic E-state index is 12.3. The number of ketones is 1. The summed E-state index contributed by atoms with van der Waals surface area (Å²) < 4.78 is 12.3. The van der Waals surface area contributed by atoms with E-state index in [9.17, 15) is 9.18 Å². The summed E-state index contributed by atoms with van der Waals surface area (Å²) in [5, 5.41) is 0. The summed E-state index contributed by atoms with van der Waals surface area (Å²) in [5.41, 5.74) is -0.362. The van der Waals surface area contributed by atoms with Crippen molar-refractivity contribution in [2.24, 2.45) is 11.3 Å². The van der Waals surface area contributed by atoms with E-state index in [1.165, 1.54) is 0 Å². The van der Waals surface area contributed by atoms with Crippen molar-refractivity contribution in [2.45, 2.75) is 40.7 Å². The van der Waals surface area contributed by atoms with Crippen molar-refractivity contribution in [3.05, 3.63) is 0 Å². The van der Waals surface area contributed by atoms with E-state index in [-0.39, 0.29) is 23.2 Å². The molecule has 90 valence electrons. The van der Waals surface area contributed by atoms with Crippen molar-refractivity contribution >= 4 is 5.78 Å². The predicted molar refractivity (Wildman–Crippen MR) is 61.7 cm³/mol. The van der Waals surface area contributed by atoms with Gasteiger partial charge >= 0.3 is 0 Å². The first-order chi connectivity index (χ1) is 6.71. The van der Waals surface area contributed by atoms with Gasteiger partial charge in [0.15, 0.2) is 5.78 Å². The normalized spacial score (nSPS) is 14.7. The summed E-state index contributed by atoms with van der Waals surface area (Å²) in [6.45, 7) is 9.66. The average molecular weight is 217 g/mol. The summed E-state index contributed by atoms with van der Waals surface area (Å²) >= 11 is 0. The van der Waals surface area contributed by atoms with Gasteiger partial charge in [0.25, 0.3) is 0 Å². The molecule has 0 aliphatic carbocycles. The fraction of sp³-hybridized carbons (Fsp3) is 0.917. The molecule has 0 aromatic heterocycles. The molecule has 0 aliphatic heterocycles. The Hall–Kier alpha value is -0.440. The Morgan fingerprint density at radius 1 is 1.33 bits per heavy atom. The third kappa shape index (κ3) is 4.29. The molecule has 0 amide bonds. The third-order valence-corrected chi connectivity index (χ3v) is 2.55. The molecule has 0 fully saturated rings. The average Bonchev–Trinajstić information content (AvgIpc) is 2.02. The number of alkyl halides is 1. The maximum absolute atomic E-state index is 12.3. The molecule has 0 aliphatic rings. The zero-order chi connectivity index (χ0) is 12.2. The lowest BCUT2D eigenvalue weighted by atomic mass is 9.82. The molecule has 0 heterocycles. The SMILES string of the molecule is CC(C)[C@@H](C(=O)C(C)(C)C)N(C)CCF. The molecule has 0 saturated heterocycles. The Morgan fingerprint density at radius 2 is 1.80 bits per heavy atom. The van der Waals surface area contributed by atoms with Gasteiger partial charge in [0, 0.05) is 12.0 Å². The first kappa shape index (κ1) is 14.6. The van der Waals surface area contributed by atoms with Gasteiger partial charge in [0.1, 0.15) is 6.67 Å². The summed E-state index contributed by atoms with van der Waals surface area (Å²) in [6, 6.07) is -0.180. The number of likely N-dealkylation sites (N-methyl/N-ethyl adjacent to an activating group) is 1. The van der Waals surface area contributed by atoms with Crippen LogP contribution in [0.5, 0.6) is 0 Å². The minimum Gasteiger partial charge on any atom is -0.297 e. The number of nitrogens with zero attached hydrogens (tertiary/aromatic N) is 1. The van der Waals surface area contributed by atoms with Crippen molar-refractivity contribution in [3.8, 4) is 0 Å². The van der Waals surface area contributed by atoms with E-state index in [1.807, 2.05) is 46.6 Å². The van der Waals surface area contributed by atoms with Crippen LogP contribution in [0.2, 0.25) is 0 Å². The summed E-state index contributed by atoms with van der Waals surface area (Å²) in [7, 11) is 1.81. The van der Waals surface area contributed by atoms with Crippen LogP contribution in [0.4, 0.5) is 4.39 Å². The second-order valence-corrected chi connectivity index (χ2v) is 5.47.